The highest BCUT2D eigenvalue weighted by molar-refractivity contribution is 5.95. The maximum absolute atomic E-state index is 15.2. The Balaban J connectivity index is 0.875. The Morgan fingerprint density at radius 1 is 0.467 bits per heavy atom. The molecule has 19 heteroatoms. The smallest absolute Gasteiger partial charge is 0.246 e. The first-order chi connectivity index (χ1) is 44.7. The molecule has 0 aromatic heterocycles. The van der Waals surface area contributed by atoms with E-state index >= 15 is 9.59 Å². The van der Waals surface area contributed by atoms with Crippen LogP contribution in [0.1, 0.15) is 157 Å². The van der Waals surface area contributed by atoms with Gasteiger partial charge >= 0.3 is 0 Å². The molecule has 2 heterocycles. The van der Waals surface area contributed by atoms with Crippen LogP contribution in [0.3, 0.4) is 0 Å². The largest absolute Gasteiger partial charge is 0.374 e. The molecule has 4 aromatic rings. The standard InChI is InChI=1S/C73H99N9O10/c1-48(74-3)67(84)79-65(56-31-19-9-20-32-56)72(89)81-42-52(39-62(81)70(87)77-60(53-27-15-7-16-28-53)46-91-44-50-23-11-5-12-24-50)40-64(83)55-35-37-58(38-36-55)69(86)76-59-41-63(82(43-59)73(90)66(57-33-21-10-22-34-57)80-68(85)49(2)75-4)71(88)78-61(54-29-17-8-18-30-54)47-92-45-51-25-13-6-14-26-51/h5-8,11-18,23-30,48-49,52,55-63,65-66,74-75H,9-10,19-22,31-47H2,1-4H3,(H,76,86)(H,77,87)(H,78,88)(H,79,84)(H,80,85)/t48-,49-,52+,55?,58?,59-,60+,61+,62-,63-,65-,66-/m0/s1. The van der Waals surface area contributed by atoms with Crippen molar-refractivity contribution in [3.05, 3.63) is 144 Å². The van der Waals surface area contributed by atoms with E-state index in [9.17, 15) is 28.8 Å². The molecule has 7 N–H and O–H groups in total. The molecule has 0 spiro atoms. The summed E-state index contributed by atoms with van der Waals surface area (Å²) in [6, 6.07) is 32.3. The molecule has 10 atom stereocenters. The zero-order chi connectivity index (χ0) is 64.9. The van der Waals surface area contributed by atoms with E-state index in [4.69, 9.17) is 9.47 Å². The van der Waals surface area contributed by atoms with Crippen LogP contribution in [0, 0.1) is 29.6 Å². The Labute approximate surface area is 543 Å². The number of hydrogen-bond donors (Lipinski definition) is 7. The van der Waals surface area contributed by atoms with Crippen LogP contribution in [0.4, 0.5) is 0 Å². The van der Waals surface area contributed by atoms with Crippen LogP contribution in [0.25, 0.3) is 0 Å². The second kappa shape index (κ2) is 34.5. The summed E-state index contributed by atoms with van der Waals surface area (Å²) in [6.07, 6.45) is 11.2. The fraction of sp³-hybridized carbons (Fsp3) is 0.562. The molecule has 496 valence electrons. The van der Waals surface area contributed by atoms with Gasteiger partial charge < -0.3 is 56.5 Å². The molecule has 9 rings (SSSR count). The summed E-state index contributed by atoms with van der Waals surface area (Å²) in [7, 11) is 3.39. The fourth-order valence-electron chi connectivity index (χ4n) is 14.4. The lowest BCUT2D eigenvalue weighted by molar-refractivity contribution is -0.143. The molecule has 92 heavy (non-hydrogen) atoms. The molecule has 2 saturated heterocycles. The van der Waals surface area contributed by atoms with E-state index in [-0.39, 0.29) is 116 Å². The summed E-state index contributed by atoms with van der Waals surface area (Å²) in [4.78, 5) is 120. The van der Waals surface area contributed by atoms with Crippen LogP contribution >= 0.6 is 0 Å². The van der Waals surface area contributed by atoms with Gasteiger partial charge in [0.15, 0.2) is 0 Å². The van der Waals surface area contributed by atoms with Gasteiger partial charge in [-0.1, -0.05) is 160 Å². The topological polar surface area (TPSA) is 246 Å². The zero-order valence-corrected chi connectivity index (χ0v) is 54.4. The predicted octanol–water partition coefficient (Wildman–Crippen LogP) is 7.55. The molecule has 0 bridgehead atoms. The first kappa shape index (κ1) is 69.0. The number of amides is 7. The molecular formula is C73H99N9O10. The number of rotatable bonds is 29. The summed E-state index contributed by atoms with van der Waals surface area (Å²) >= 11 is 0. The minimum Gasteiger partial charge on any atom is -0.374 e. The number of hydrogen-bond acceptors (Lipinski definition) is 12. The first-order valence-electron chi connectivity index (χ1n) is 34.0. The monoisotopic (exact) mass is 1260 g/mol. The van der Waals surface area contributed by atoms with Crippen LogP contribution in [0.15, 0.2) is 121 Å². The Bertz CT molecular complexity index is 2830. The molecule has 5 aliphatic rings. The first-order valence-corrected chi connectivity index (χ1v) is 34.0. The normalized spacial score (nSPS) is 23.2. The highest BCUT2D eigenvalue weighted by Crippen LogP contribution is 2.37. The van der Waals surface area contributed by atoms with Crippen LogP contribution in [0.2, 0.25) is 0 Å². The van der Waals surface area contributed by atoms with Crippen molar-refractivity contribution in [3.8, 4) is 0 Å². The molecule has 3 aliphatic carbocycles. The summed E-state index contributed by atoms with van der Waals surface area (Å²) < 4.78 is 12.4. The fourth-order valence-corrected chi connectivity index (χ4v) is 14.4. The number of nitrogens with zero attached hydrogens (tertiary/aromatic N) is 2. The van der Waals surface area contributed by atoms with E-state index < -0.39 is 60.3 Å². The highest BCUT2D eigenvalue weighted by atomic mass is 16.5. The maximum atomic E-state index is 15.2. The van der Waals surface area contributed by atoms with Crippen LogP contribution in [-0.2, 0) is 61.0 Å². The van der Waals surface area contributed by atoms with E-state index in [0.717, 1.165) is 86.5 Å². The third kappa shape index (κ3) is 18.9. The molecule has 5 fully saturated rings. The number of carbonyl (C=O) groups is 8. The average molecular weight is 1260 g/mol. The van der Waals surface area contributed by atoms with Gasteiger partial charge in [-0.05, 0) is 132 Å². The zero-order valence-electron chi connectivity index (χ0n) is 54.4. The van der Waals surface area contributed by atoms with E-state index in [2.05, 4.69) is 37.2 Å². The number of benzene rings is 4. The highest BCUT2D eigenvalue weighted by Gasteiger charge is 2.48. The van der Waals surface area contributed by atoms with Crippen molar-refractivity contribution in [1.29, 1.82) is 0 Å². The predicted molar refractivity (Wildman–Crippen MR) is 352 cm³/mol. The van der Waals surface area contributed by atoms with E-state index in [1.807, 2.05) is 121 Å². The van der Waals surface area contributed by atoms with Gasteiger partial charge in [-0.15, -0.1) is 0 Å². The third-order valence-electron chi connectivity index (χ3n) is 20.1. The lowest BCUT2D eigenvalue weighted by Gasteiger charge is -2.35. The summed E-state index contributed by atoms with van der Waals surface area (Å²) in [5.41, 5.74) is 3.65. The summed E-state index contributed by atoms with van der Waals surface area (Å²) in [5.74, 6) is -3.52. The van der Waals surface area contributed by atoms with Crippen molar-refractivity contribution < 1.29 is 47.8 Å². The lowest BCUT2D eigenvalue weighted by Crippen LogP contribution is -2.58. The van der Waals surface area contributed by atoms with Gasteiger partial charge in [0.25, 0.3) is 0 Å². The van der Waals surface area contributed by atoms with Crippen LogP contribution in [0.5, 0.6) is 0 Å². The van der Waals surface area contributed by atoms with Gasteiger partial charge in [-0.3, -0.25) is 38.4 Å². The van der Waals surface area contributed by atoms with E-state index in [1.54, 1.807) is 37.7 Å². The van der Waals surface area contributed by atoms with Crippen LogP contribution in [-0.4, -0.2) is 140 Å². The molecule has 0 radical (unpaired) electrons. The van der Waals surface area contributed by atoms with Gasteiger partial charge in [0.1, 0.15) is 30.0 Å². The molecule has 3 saturated carbocycles. The molecule has 0 unspecified atom stereocenters. The van der Waals surface area contributed by atoms with Crippen molar-refractivity contribution >= 4 is 47.1 Å². The number of Topliss-reactive ketones (excluding diaryl/α,β-unsaturated/α-hetero) is 1. The Morgan fingerprint density at radius 3 is 1.30 bits per heavy atom. The Kier molecular flexibility index (Phi) is 25.9. The second-order valence-electron chi connectivity index (χ2n) is 26.5. The second-order valence-corrected chi connectivity index (χ2v) is 26.5. The van der Waals surface area contributed by atoms with Crippen molar-refractivity contribution in [2.45, 2.75) is 191 Å². The van der Waals surface area contributed by atoms with Gasteiger partial charge in [-0.2, -0.15) is 0 Å². The summed E-state index contributed by atoms with van der Waals surface area (Å²) in [5, 5.41) is 21.9. The Morgan fingerprint density at radius 2 is 0.870 bits per heavy atom. The Hall–Kier alpha value is -7.32. The molecule has 7 amide bonds. The number of likely N-dealkylation sites (N-methyl/N-ethyl adjacent to an activating group) is 2. The quantitative estimate of drug-likeness (QED) is 0.0279. The van der Waals surface area contributed by atoms with E-state index in [1.165, 1.54) is 0 Å². The minimum absolute atomic E-state index is 0.0283. The van der Waals surface area contributed by atoms with Gasteiger partial charge in [-0.25, -0.2) is 0 Å². The number of likely N-dealkylation sites (tertiary alicyclic amines) is 2. The van der Waals surface area contributed by atoms with Crippen molar-refractivity contribution in [1.82, 2.24) is 47.0 Å². The third-order valence-corrected chi connectivity index (χ3v) is 20.1. The molecule has 19 nitrogen and oxygen atoms in total. The molecule has 4 aromatic carbocycles. The van der Waals surface area contributed by atoms with Gasteiger partial charge in [0.05, 0.1) is 50.6 Å². The minimum atomic E-state index is -0.970. The number of ketones is 1. The number of carbonyl (C=O) groups excluding carboxylic acids is 8. The lowest BCUT2D eigenvalue weighted by atomic mass is 9.77. The molecular weight excluding hydrogens is 1160 g/mol. The van der Waals surface area contributed by atoms with Gasteiger partial charge in [0, 0.05) is 37.4 Å². The number of ether oxygens (including phenoxy) is 2. The van der Waals surface area contributed by atoms with Gasteiger partial charge in [0.2, 0.25) is 41.4 Å². The van der Waals surface area contributed by atoms with Crippen molar-refractivity contribution in [2.75, 3.05) is 40.4 Å². The SMILES string of the molecule is CN[C@@H](C)C(=O)N[C@H](C(=O)N1C[C@@H](CC(=O)C2CCC(C(=O)N[C@H]3C[C@@H](C(=O)N[C@H](COCc4ccccc4)c4ccccc4)N(C(=O)[C@@H](NC(=O)[C@H](C)NC)C4CCCCC4)C3)CC2)C[C@H]1C(=O)N[C@H](COCc1ccccc1)c1ccccc1)C1CCCCC1. The van der Waals surface area contributed by atoms with Crippen molar-refractivity contribution in [2.24, 2.45) is 29.6 Å². The summed E-state index contributed by atoms with van der Waals surface area (Å²) in [6.45, 7) is 4.73. The number of nitrogens with one attached hydrogen (secondary N) is 7. The van der Waals surface area contributed by atoms with Crippen LogP contribution < -0.4 is 37.2 Å². The maximum Gasteiger partial charge on any atom is 0.246 e. The average Bonchev–Trinajstić information content (AvgIpc) is 1.75. The van der Waals surface area contributed by atoms with Crippen molar-refractivity contribution in [3.63, 3.8) is 0 Å². The van der Waals surface area contributed by atoms with E-state index in [0.29, 0.717) is 38.9 Å². The molecule has 2 aliphatic heterocycles.